The summed E-state index contributed by atoms with van der Waals surface area (Å²) in [7, 11) is 0. The molecule has 0 unspecified atom stereocenters. The van der Waals surface area contributed by atoms with Crippen molar-refractivity contribution in [3.63, 3.8) is 0 Å². The van der Waals surface area contributed by atoms with Gasteiger partial charge < -0.3 is 11.5 Å². The molecule has 0 aromatic heterocycles. The summed E-state index contributed by atoms with van der Waals surface area (Å²) in [5, 5.41) is 5.50. The van der Waals surface area contributed by atoms with Crippen LogP contribution in [0.3, 0.4) is 0 Å². The van der Waals surface area contributed by atoms with Crippen molar-refractivity contribution in [1.29, 1.82) is 0 Å². The van der Waals surface area contributed by atoms with E-state index in [-0.39, 0.29) is 5.56 Å². The molecule has 0 aliphatic carbocycles. The van der Waals surface area contributed by atoms with Gasteiger partial charge in [-0.25, -0.2) is 0 Å². The van der Waals surface area contributed by atoms with Gasteiger partial charge in [0.15, 0.2) is 0 Å². The number of hydrogen-bond donors (Lipinski definition) is 3. The minimum atomic E-state index is -0.559. The van der Waals surface area contributed by atoms with Gasteiger partial charge in [0.05, 0.1) is 17.5 Å². The highest BCUT2D eigenvalue weighted by atomic mass is 16.1. The van der Waals surface area contributed by atoms with Gasteiger partial charge in [0.2, 0.25) is 0 Å². The number of anilines is 2. The first-order chi connectivity index (χ1) is 7.70. The molecule has 1 aliphatic rings. The van der Waals surface area contributed by atoms with Crippen molar-refractivity contribution < 1.29 is 4.79 Å². The number of hydrazone groups is 1. The number of allylic oxidation sites excluding steroid dienone is 1. The lowest BCUT2D eigenvalue weighted by molar-refractivity contribution is 0.100. The van der Waals surface area contributed by atoms with E-state index in [0.717, 1.165) is 0 Å². The number of benzene rings is 1. The van der Waals surface area contributed by atoms with Gasteiger partial charge in [0.1, 0.15) is 5.69 Å². The minimum Gasteiger partial charge on any atom is -0.396 e. The van der Waals surface area contributed by atoms with Crippen molar-refractivity contribution >= 4 is 23.5 Å². The van der Waals surface area contributed by atoms with E-state index < -0.39 is 5.91 Å². The van der Waals surface area contributed by atoms with Crippen LogP contribution in [0.25, 0.3) is 0 Å². The highest BCUT2D eigenvalue weighted by Gasteiger charge is 2.14. The fraction of sp³-hybridized carbons (Fsp3) is 0. The first-order valence-electron chi connectivity index (χ1n) is 4.64. The van der Waals surface area contributed by atoms with Gasteiger partial charge in [0, 0.05) is 6.20 Å². The largest absolute Gasteiger partial charge is 0.396 e. The maximum Gasteiger partial charge on any atom is 0.250 e. The lowest BCUT2D eigenvalue weighted by Gasteiger charge is -2.22. The van der Waals surface area contributed by atoms with E-state index in [4.69, 9.17) is 11.5 Å². The Morgan fingerprint density at radius 3 is 2.88 bits per heavy atom. The highest BCUT2D eigenvalue weighted by Crippen LogP contribution is 2.25. The predicted octanol–water partition coefficient (Wildman–Crippen LogP) is 0.192. The number of carbonyl (C=O) groups is 1. The zero-order valence-electron chi connectivity index (χ0n) is 8.42. The number of hydrogen-bond acceptors (Lipinski definition) is 5. The molecule has 1 aromatic rings. The van der Waals surface area contributed by atoms with Gasteiger partial charge in [-0.05, 0) is 18.2 Å². The van der Waals surface area contributed by atoms with Gasteiger partial charge in [-0.2, -0.15) is 10.2 Å². The van der Waals surface area contributed by atoms with Gasteiger partial charge in [-0.15, -0.1) is 0 Å². The van der Waals surface area contributed by atoms with Gasteiger partial charge in [-0.3, -0.25) is 10.2 Å². The first kappa shape index (κ1) is 10.0. The summed E-state index contributed by atoms with van der Waals surface area (Å²) < 4.78 is 0. The zero-order valence-corrected chi connectivity index (χ0v) is 8.42. The maximum absolute atomic E-state index is 11.1. The highest BCUT2D eigenvalue weighted by molar-refractivity contribution is 6.00. The van der Waals surface area contributed by atoms with Crippen LogP contribution in [0.15, 0.2) is 35.6 Å². The van der Waals surface area contributed by atoms with E-state index in [1.54, 1.807) is 36.7 Å². The van der Waals surface area contributed by atoms with E-state index in [2.05, 4.69) is 10.5 Å². The summed E-state index contributed by atoms with van der Waals surface area (Å²) >= 11 is 0. The third kappa shape index (κ3) is 1.68. The zero-order chi connectivity index (χ0) is 11.5. The molecule has 0 saturated heterocycles. The maximum atomic E-state index is 11.1. The minimum absolute atomic E-state index is 0.282. The summed E-state index contributed by atoms with van der Waals surface area (Å²) in [6, 6.07) is 5.01. The molecule has 6 nitrogen and oxygen atoms in total. The molecule has 0 bridgehead atoms. The molecule has 5 N–H and O–H groups in total. The summed E-state index contributed by atoms with van der Waals surface area (Å²) in [6.07, 6.45) is 5.04. The number of nitrogens with two attached hydrogens (primary N) is 2. The molecule has 0 spiro atoms. The third-order valence-corrected chi connectivity index (χ3v) is 2.14. The molecule has 82 valence electrons. The molecule has 2 rings (SSSR count). The summed E-state index contributed by atoms with van der Waals surface area (Å²) in [5.41, 5.74) is 15.1. The standard InChI is InChI=1S/C10H11N5O/c11-9-7(10(12)16)3-1-4-8(9)15-13-5-2-6-14-15/h1-6,13H,11H2,(H2,12,16). The van der Waals surface area contributed by atoms with Gasteiger partial charge in [-0.1, -0.05) is 6.07 Å². The summed E-state index contributed by atoms with van der Waals surface area (Å²) in [4.78, 5) is 11.1. The number of nitrogen functional groups attached to an aromatic ring is 1. The average molecular weight is 217 g/mol. The number of nitrogens with zero attached hydrogens (tertiary/aromatic N) is 2. The number of rotatable bonds is 2. The van der Waals surface area contributed by atoms with Crippen LogP contribution in [-0.4, -0.2) is 12.1 Å². The fourth-order valence-electron chi connectivity index (χ4n) is 1.38. The molecule has 1 aliphatic heterocycles. The van der Waals surface area contributed by atoms with Crippen molar-refractivity contribution in [2.24, 2.45) is 10.8 Å². The van der Waals surface area contributed by atoms with Crippen LogP contribution < -0.4 is 22.0 Å². The predicted molar refractivity (Wildman–Crippen MR) is 62.6 cm³/mol. The average Bonchev–Trinajstić information content (AvgIpc) is 2.30. The molecular weight excluding hydrogens is 206 g/mol. The van der Waals surface area contributed by atoms with Crippen molar-refractivity contribution in [3.05, 3.63) is 36.0 Å². The lowest BCUT2D eigenvalue weighted by atomic mass is 10.1. The number of hydrazine groups is 1. The number of carbonyl (C=O) groups excluding carboxylic acids is 1. The van der Waals surface area contributed by atoms with Crippen LogP contribution in [0, 0.1) is 0 Å². The molecule has 0 atom stereocenters. The van der Waals surface area contributed by atoms with E-state index in [1.807, 2.05) is 0 Å². The second-order valence-electron chi connectivity index (χ2n) is 3.17. The van der Waals surface area contributed by atoms with E-state index in [9.17, 15) is 4.79 Å². The lowest BCUT2D eigenvalue weighted by Crippen LogP contribution is -2.32. The van der Waals surface area contributed by atoms with Crippen LogP contribution in [0.1, 0.15) is 10.4 Å². The second-order valence-corrected chi connectivity index (χ2v) is 3.17. The summed E-state index contributed by atoms with van der Waals surface area (Å²) in [6.45, 7) is 0. The van der Waals surface area contributed by atoms with Gasteiger partial charge >= 0.3 is 0 Å². The smallest absolute Gasteiger partial charge is 0.250 e. The van der Waals surface area contributed by atoms with Crippen LogP contribution in [0.5, 0.6) is 0 Å². The Kier molecular flexibility index (Phi) is 2.47. The molecule has 0 radical (unpaired) electrons. The van der Waals surface area contributed by atoms with Gasteiger partial charge in [0.25, 0.3) is 5.91 Å². The summed E-state index contributed by atoms with van der Waals surface area (Å²) in [5.74, 6) is -0.559. The number of primary amides is 1. The number of nitrogens with one attached hydrogen (secondary N) is 1. The van der Waals surface area contributed by atoms with E-state index in [1.165, 1.54) is 5.12 Å². The van der Waals surface area contributed by atoms with Crippen molar-refractivity contribution in [2.75, 3.05) is 10.9 Å². The number of para-hydroxylation sites is 1. The topological polar surface area (TPSA) is 96.7 Å². The molecule has 1 heterocycles. The van der Waals surface area contributed by atoms with Crippen molar-refractivity contribution in [1.82, 2.24) is 5.43 Å². The quantitative estimate of drug-likeness (QED) is 0.616. The molecule has 0 saturated carbocycles. The first-order valence-corrected chi connectivity index (χ1v) is 4.64. The Labute approximate surface area is 92.2 Å². The molecule has 1 amide bonds. The van der Waals surface area contributed by atoms with E-state index >= 15 is 0 Å². The van der Waals surface area contributed by atoms with Crippen LogP contribution >= 0.6 is 0 Å². The Bertz CT molecular complexity index is 480. The van der Waals surface area contributed by atoms with E-state index in [0.29, 0.717) is 11.4 Å². The third-order valence-electron chi connectivity index (χ3n) is 2.14. The van der Waals surface area contributed by atoms with Crippen molar-refractivity contribution in [2.45, 2.75) is 0 Å². The second kappa shape index (κ2) is 3.93. The fourth-order valence-corrected chi connectivity index (χ4v) is 1.38. The monoisotopic (exact) mass is 217 g/mol. The Morgan fingerprint density at radius 1 is 1.44 bits per heavy atom. The molecule has 1 aromatic carbocycles. The number of amides is 1. The normalized spacial score (nSPS) is 13.6. The molecule has 6 heteroatoms. The van der Waals surface area contributed by atoms with Crippen LogP contribution in [-0.2, 0) is 0 Å². The van der Waals surface area contributed by atoms with Crippen molar-refractivity contribution in [3.8, 4) is 0 Å². The Balaban J connectivity index is 2.41. The molecular formula is C10H11N5O. The Hall–Kier alpha value is -2.50. The molecule has 16 heavy (non-hydrogen) atoms. The van der Waals surface area contributed by atoms with Crippen LogP contribution in [0.4, 0.5) is 11.4 Å². The SMILES string of the molecule is NC(=O)c1cccc(N2N=CC=CN2)c1N. The Morgan fingerprint density at radius 2 is 2.25 bits per heavy atom. The molecule has 0 fully saturated rings. The van der Waals surface area contributed by atoms with Crippen LogP contribution in [0.2, 0.25) is 0 Å².